The first kappa shape index (κ1) is 60.0. The van der Waals surface area contributed by atoms with Crippen LogP contribution in [0.5, 0.6) is 0 Å². The molecule has 11 rings (SSSR count). The highest BCUT2D eigenvalue weighted by molar-refractivity contribution is 7.17. The van der Waals surface area contributed by atoms with Gasteiger partial charge in [-0.1, -0.05) is 398 Å². The van der Waals surface area contributed by atoms with Crippen molar-refractivity contribution in [3.05, 3.63) is 334 Å². The van der Waals surface area contributed by atoms with Gasteiger partial charge in [0.15, 0.2) is 0 Å². The highest BCUT2D eigenvalue weighted by Crippen LogP contribution is 2.31. The minimum absolute atomic E-state index is 0.857. The van der Waals surface area contributed by atoms with Gasteiger partial charge in [-0.3, -0.25) is 0 Å². The third-order valence-corrected chi connectivity index (χ3v) is 39.9. The molecule has 0 heterocycles. The molecular formula is C77H78O4Si5. The first-order valence-corrected chi connectivity index (χ1v) is 40.4. The molecule has 86 heavy (non-hydrogen) atoms. The second kappa shape index (κ2) is 29.2. The average molecular weight is 1210 g/mol. The standard InChI is InChI=1S/C77H78O4Si5/c1-2-3-4-5-6-7-8-9-43-66-82(67-44-21-10-22-45-67,68-46-23-11-24-47-68)78-84(72-54-31-15-32-55-72,73-56-33-16-34-57-73)80-86(76-62-39-19-40-63-76,77-64-41-20-42-65-77)81-85(74-58-35-17-36-59-74,75-60-37-18-38-61-75)79-83(69-48-25-12-26-49-69,70-50-27-13-28-51-70)71-52-29-14-30-53-71/h10-42,44-65H,2-9,43,66H2,1H3. The van der Waals surface area contributed by atoms with Crippen LogP contribution in [0.2, 0.25) is 6.04 Å². The van der Waals surface area contributed by atoms with E-state index in [2.05, 4.69) is 341 Å². The van der Waals surface area contributed by atoms with Crippen molar-refractivity contribution in [1.82, 2.24) is 0 Å². The van der Waals surface area contributed by atoms with Crippen LogP contribution in [0.25, 0.3) is 0 Å². The molecule has 0 aliphatic rings. The predicted octanol–water partition coefficient (Wildman–Crippen LogP) is 11.8. The monoisotopic (exact) mass is 1210 g/mol. The van der Waals surface area contributed by atoms with Crippen LogP contribution in [-0.4, -0.2) is 42.3 Å². The normalized spacial score (nSPS) is 12.2. The summed E-state index contributed by atoms with van der Waals surface area (Å²) in [6.45, 7) is 2.30. The topological polar surface area (TPSA) is 36.9 Å². The van der Waals surface area contributed by atoms with E-state index >= 15 is 0 Å². The van der Waals surface area contributed by atoms with E-state index in [1.807, 2.05) is 0 Å². The van der Waals surface area contributed by atoms with Gasteiger partial charge in [0.25, 0.3) is 8.32 Å². The summed E-state index contributed by atoms with van der Waals surface area (Å²) >= 11 is 0. The van der Waals surface area contributed by atoms with Crippen molar-refractivity contribution in [2.45, 2.75) is 70.8 Å². The van der Waals surface area contributed by atoms with E-state index in [0.717, 1.165) is 65.6 Å². The molecule has 0 radical (unpaired) electrons. The first-order valence-electron chi connectivity index (χ1n) is 31.0. The maximum absolute atomic E-state index is 9.23. The lowest BCUT2D eigenvalue weighted by atomic mass is 10.1. The van der Waals surface area contributed by atoms with Crippen LogP contribution in [0.3, 0.4) is 0 Å². The largest absolute Gasteiger partial charge is 0.422 e. The van der Waals surface area contributed by atoms with E-state index in [9.17, 15) is 8.23 Å². The zero-order chi connectivity index (χ0) is 58.6. The summed E-state index contributed by atoms with van der Waals surface area (Å²) in [7, 11) is -20.0. The van der Waals surface area contributed by atoms with E-state index in [1.165, 1.54) is 55.3 Å². The van der Waals surface area contributed by atoms with Gasteiger partial charge in [0.05, 0.1) is 0 Å². The van der Waals surface area contributed by atoms with Crippen molar-refractivity contribution in [3.8, 4) is 0 Å². The molecule has 0 saturated carbocycles. The smallest absolute Gasteiger partial charge is 0.390 e. The summed E-state index contributed by atoms with van der Waals surface area (Å²) in [5.41, 5.74) is 0. The molecule has 4 nitrogen and oxygen atoms in total. The maximum Gasteiger partial charge on any atom is 0.390 e. The van der Waals surface area contributed by atoms with E-state index in [-0.39, 0.29) is 0 Å². The molecule has 0 amide bonds. The van der Waals surface area contributed by atoms with Crippen LogP contribution in [0.1, 0.15) is 64.7 Å². The summed E-state index contributed by atoms with van der Waals surface area (Å²) in [5, 5.41) is 11.6. The Kier molecular flexibility index (Phi) is 20.4. The van der Waals surface area contributed by atoms with Gasteiger partial charge in [-0.15, -0.1) is 0 Å². The summed E-state index contributed by atoms with van der Waals surface area (Å²) in [5.74, 6) is 0. The lowest BCUT2D eigenvalue weighted by molar-refractivity contribution is 0.329. The molecule has 0 aliphatic carbocycles. The molecular weight excluding hydrogens is 1130 g/mol. The fourth-order valence-electron chi connectivity index (χ4n) is 12.5. The number of hydrogen-bond acceptors (Lipinski definition) is 4. The molecule has 0 spiro atoms. The predicted molar refractivity (Wildman–Crippen MR) is 372 cm³/mol. The Morgan fingerprint density at radius 1 is 0.198 bits per heavy atom. The first-order chi connectivity index (χ1) is 42.5. The summed E-state index contributed by atoms with van der Waals surface area (Å²) in [6.07, 6.45) is 11.0. The van der Waals surface area contributed by atoms with Crippen LogP contribution in [-0.2, 0) is 16.5 Å². The highest BCUT2D eigenvalue weighted by Gasteiger charge is 2.64. The Balaban J connectivity index is 1.23. The lowest BCUT2D eigenvalue weighted by Gasteiger charge is -2.50. The summed E-state index contributed by atoms with van der Waals surface area (Å²) in [4.78, 5) is 0. The van der Waals surface area contributed by atoms with Gasteiger partial charge in [0.2, 0.25) is 8.32 Å². The second-order valence-corrected chi connectivity index (χ2v) is 39.2. The Morgan fingerprint density at radius 2 is 0.395 bits per heavy atom. The van der Waals surface area contributed by atoms with Gasteiger partial charge < -0.3 is 16.5 Å². The molecule has 0 saturated heterocycles. The molecule has 430 valence electrons. The molecule has 11 aromatic rings. The summed E-state index contributed by atoms with van der Waals surface area (Å²) in [6, 6.07) is 121. The van der Waals surface area contributed by atoms with Crippen molar-refractivity contribution >= 4 is 99.4 Å². The van der Waals surface area contributed by atoms with Crippen LogP contribution in [0.4, 0.5) is 0 Å². The maximum atomic E-state index is 9.23. The van der Waals surface area contributed by atoms with Gasteiger partial charge in [-0.05, 0) is 63.1 Å². The molecule has 9 heteroatoms. The van der Waals surface area contributed by atoms with Crippen molar-refractivity contribution in [1.29, 1.82) is 0 Å². The van der Waals surface area contributed by atoms with Crippen LogP contribution < -0.4 is 57.1 Å². The molecule has 0 unspecified atom stereocenters. The van der Waals surface area contributed by atoms with Crippen molar-refractivity contribution < 1.29 is 16.5 Å². The summed E-state index contributed by atoms with van der Waals surface area (Å²) < 4.78 is 36.5. The van der Waals surface area contributed by atoms with E-state index < -0.39 is 42.3 Å². The zero-order valence-electron chi connectivity index (χ0n) is 49.5. The Labute approximate surface area is 516 Å². The van der Waals surface area contributed by atoms with Gasteiger partial charge in [0.1, 0.15) is 0 Å². The highest BCUT2D eigenvalue weighted by atomic mass is 28.5. The van der Waals surface area contributed by atoms with Gasteiger partial charge >= 0.3 is 25.7 Å². The third-order valence-electron chi connectivity index (χ3n) is 16.8. The minimum Gasteiger partial charge on any atom is -0.422 e. The second-order valence-electron chi connectivity index (χ2n) is 22.4. The fourth-order valence-corrected chi connectivity index (χ4v) is 40.4. The van der Waals surface area contributed by atoms with Crippen molar-refractivity contribution in [2.24, 2.45) is 0 Å². The zero-order valence-corrected chi connectivity index (χ0v) is 54.5. The number of benzene rings is 11. The van der Waals surface area contributed by atoms with Crippen LogP contribution in [0.15, 0.2) is 334 Å². The quantitative estimate of drug-likeness (QED) is 0.0266. The third kappa shape index (κ3) is 13.0. The molecule has 0 fully saturated rings. The average Bonchev–Trinajstić information content (AvgIpc) is 0.776. The molecule has 11 aromatic carbocycles. The SMILES string of the molecule is CCCCCCCCCCC[Si](O[Si](O[Si](O[Si](O[Si](c1ccccc1)(c1ccccc1)c1ccccc1)(c1ccccc1)c1ccccc1)(c1ccccc1)c1ccccc1)(c1ccccc1)c1ccccc1)(c1ccccc1)c1ccccc1. The van der Waals surface area contributed by atoms with E-state index in [0.29, 0.717) is 0 Å². The van der Waals surface area contributed by atoms with Crippen LogP contribution in [0, 0.1) is 0 Å². The Bertz CT molecular complexity index is 3460. The number of rotatable bonds is 29. The van der Waals surface area contributed by atoms with Gasteiger partial charge in [0, 0.05) is 0 Å². The lowest BCUT2D eigenvalue weighted by Crippen LogP contribution is -2.85. The molecule has 0 bridgehead atoms. The molecule has 0 aliphatic heterocycles. The van der Waals surface area contributed by atoms with E-state index in [4.69, 9.17) is 8.23 Å². The fraction of sp³-hybridized carbons (Fsp3) is 0.143. The van der Waals surface area contributed by atoms with Crippen molar-refractivity contribution in [2.75, 3.05) is 0 Å². The van der Waals surface area contributed by atoms with Gasteiger partial charge in [-0.25, -0.2) is 0 Å². The number of unbranched alkanes of at least 4 members (excludes halogenated alkanes) is 8. The Hall–Kier alpha value is -7.66. The minimum atomic E-state index is -4.40. The van der Waals surface area contributed by atoms with Crippen LogP contribution >= 0.6 is 0 Å². The van der Waals surface area contributed by atoms with Crippen molar-refractivity contribution in [3.63, 3.8) is 0 Å². The molecule has 0 N–H and O–H groups in total. The Morgan fingerprint density at radius 3 is 0.651 bits per heavy atom. The van der Waals surface area contributed by atoms with E-state index in [1.54, 1.807) is 0 Å². The molecule has 0 aromatic heterocycles. The number of hydrogen-bond donors (Lipinski definition) is 0. The van der Waals surface area contributed by atoms with Gasteiger partial charge in [-0.2, -0.15) is 0 Å². The molecule has 0 atom stereocenters.